The molecule has 0 amide bonds. The van der Waals surface area contributed by atoms with E-state index in [1.807, 2.05) is 0 Å². The Morgan fingerprint density at radius 3 is 1.74 bits per heavy atom. The molecule has 152 valence electrons. The van der Waals surface area contributed by atoms with Crippen LogP contribution in [0.25, 0.3) is 0 Å². The number of phenols is 1. The fourth-order valence-corrected chi connectivity index (χ4v) is 9.29. The molecule has 1 aromatic carbocycles. The van der Waals surface area contributed by atoms with Crippen molar-refractivity contribution in [1.29, 1.82) is 0 Å². The van der Waals surface area contributed by atoms with Crippen LogP contribution in [0.3, 0.4) is 0 Å². The molecule has 1 nitrogen and oxygen atoms in total. The molecule has 2 fully saturated rings. The van der Waals surface area contributed by atoms with Crippen molar-refractivity contribution in [1.82, 2.24) is 0 Å². The van der Waals surface area contributed by atoms with Gasteiger partial charge >= 0.3 is 35.6 Å². The summed E-state index contributed by atoms with van der Waals surface area (Å²) in [6.45, 7) is 6.67. The van der Waals surface area contributed by atoms with E-state index in [0.717, 1.165) is 16.9 Å². The van der Waals surface area contributed by atoms with Crippen LogP contribution in [0, 0.1) is 0 Å². The molecule has 0 bridgehead atoms. The Kier molecular flexibility index (Phi) is 10.5. The molecule has 2 aliphatic rings. The third kappa shape index (κ3) is 6.89. The van der Waals surface area contributed by atoms with E-state index in [4.69, 9.17) is 18.6 Å². The summed E-state index contributed by atoms with van der Waals surface area (Å²) in [5.74, 6) is 0.648. The van der Waals surface area contributed by atoms with Gasteiger partial charge in [-0.2, -0.15) is 0 Å². The summed E-state index contributed by atoms with van der Waals surface area (Å²) in [5, 5.41) is 12.5. The summed E-state index contributed by atoms with van der Waals surface area (Å²) < 4.78 is 0. The van der Waals surface area contributed by atoms with Gasteiger partial charge in [0, 0.05) is 13.5 Å². The Hall–Kier alpha value is 0.744. The van der Waals surface area contributed by atoms with E-state index in [1.165, 1.54) is 69.5 Å². The third-order valence-electron chi connectivity index (χ3n) is 6.25. The minimum absolute atomic E-state index is 0.0200. The number of hydrogen-bond donors (Lipinski definition) is 1. The maximum atomic E-state index is 11.2. The molecule has 5 heteroatoms. The number of para-hydroxylation sites is 1. The monoisotopic (exact) mass is 465 g/mol. The number of phenolic OH excluding ortho intramolecular Hbond substituents is 1. The molecule has 1 N–H and O–H groups in total. The average molecular weight is 466 g/mol. The Morgan fingerprint density at radius 2 is 1.33 bits per heavy atom. The fourth-order valence-electron chi connectivity index (χ4n) is 4.98. The van der Waals surface area contributed by atoms with Gasteiger partial charge < -0.3 is 5.11 Å². The minimum atomic E-state index is -0.685. The zero-order valence-corrected chi connectivity index (χ0v) is 21.2. The Labute approximate surface area is 184 Å². The van der Waals surface area contributed by atoms with Gasteiger partial charge in [0.25, 0.3) is 0 Å². The summed E-state index contributed by atoms with van der Waals surface area (Å²) in [7, 11) is 9.09. The predicted molar refractivity (Wildman–Crippen MR) is 120 cm³/mol. The van der Waals surface area contributed by atoms with Crippen molar-refractivity contribution in [2.24, 2.45) is 0 Å². The quantitative estimate of drug-likeness (QED) is 0.360. The predicted octanol–water partition coefficient (Wildman–Crippen LogP) is 7.57. The van der Waals surface area contributed by atoms with Crippen LogP contribution < -0.4 is 5.30 Å². The van der Waals surface area contributed by atoms with E-state index >= 15 is 0 Å². The summed E-state index contributed by atoms with van der Waals surface area (Å²) >= 11 is -0.556. The summed E-state index contributed by atoms with van der Waals surface area (Å²) in [5.41, 5.74) is 2.93. The molecule has 0 unspecified atom stereocenters. The van der Waals surface area contributed by atoms with Gasteiger partial charge in [0.2, 0.25) is 0 Å². The van der Waals surface area contributed by atoms with E-state index in [9.17, 15) is 5.11 Å². The van der Waals surface area contributed by atoms with Gasteiger partial charge in [0.1, 0.15) is 5.30 Å². The maximum absolute atomic E-state index is 11.2. The second-order valence-corrected chi connectivity index (χ2v) is 14.8. The van der Waals surface area contributed by atoms with Crippen molar-refractivity contribution in [3.05, 3.63) is 23.8 Å². The molecular weight excluding hydrogens is 430 g/mol. The molecule has 0 heterocycles. The van der Waals surface area contributed by atoms with E-state index < -0.39 is 25.0 Å². The van der Waals surface area contributed by atoms with Crippen molar-refractivity contribution in [3.63, 3.8) is 0 Å². The molecule has 0 radical (unpaired) electrons. The molecule has 0 spiro atoms. The zero-order valence-electron chi connectivity index (χ0n) is 17.2. The standard InChI is InChI=1S/C22H35OP.2ClH.Ti/c1-22(2,3)19-15-10-16-20(21(19)23)24(17-11-6-4-7-12-17)18-13-8-5-9-14-18;;;/h10,15-18,23H,4-9,11-14H2,1-3H3;2*1H;/q;;;+2/p-1. The van der Waals surface area contributed by atoms with Gasteiger partial charge in [-0.1, -0.05) is 45.7 Å². The van der Waals surface area contributed by atoms with Crippen LogP contribution >= 0.6 is 26.5 Å². The topological polar surface area (TPSA) is 20.2 Å². The first-order chi connectivity index (χ1) is 12.9. The van der Waals surface area contributed by atoms with Gasteiger partial charge in [-0.05, 0) is 62.8 Å². The second kappa shape index (κ2) is 11.8. The van der Waals surface area contributed by atoms with Crippen LogP contribution in [0.5, 0.6) is 5.75 Å². The molecule has 3 rings (SSSR count). The van der Waals surface area contributed by atoms with Crippen LogP contribution in [-0.2, 0) is 22.4 Å². The molecule has 2 aliphatic carbocycles. The normalized spacial score (nSPS) is 19.5. The molecule has 0 atom stereocenters. The number of hydrogen-bond acceptors (Lipinski definition) is 1. The fraction of sp³-hybridized carbons (Fsp3) is 0.727. The molecule has 0 saturated heterocycles. The summed E-state index contributed by atoms with van der Waals surface area (Å²) in [6.07, 6.45) is 14.1. The van der Waals surface area contributed by atoms with E-state index in [0.29, 0.717) is 5.75 Å². The molecule has 0 aromatic heterocycles. The van der Waals surface area contributed by atoms with Crippen LogP contribution in [0.4, 0.5) is 0 Å². The van der Waals surface area contributed by atoms with Crippen LogP contribution in [-0.4, -0.2) is 16.4 Å². The first-order valence-corrected chi connectivity index (χ1v) is 16.5. The van der Waals surface area contributed by atoms with Gasteiger partial charge in [0.15, 0.2) is 5.75 Å². The molecule has 1 aromatic rings. The summed E-state index contributed by atoms with van der Waals surface area (Å²) in [4.78, 5) is 0. The van der Waals surface area contributed by atoms with Gasteiger partial charge in [-0.25, -0.2) is 0 Å². The number of aromatic hydroxyl groups is 1. The Morgan fingerprint density at radius 1 is 0.889 bits per heavy atom. The molecule has 27 heavy (non-hydrogen) atoms. The number of rotatable bonds is 3. The van der Waals surface area contributed by atoms with Crippen molar-refractivity contribution >= 4 is 31.8 Å². The van der Waals surface area contributed by atoms with Gasteiger partial charge in [-0.3, -0.25) is 0 Å². The SMILES string of the molecule is CC(C)(C)c1cccc([PH+](C2CCCCC2)C2CCCCC2)c1O.[Cl][Ti][Cl]. The van der Waals surface area contributed by atoms with Crippen molar-refractivity contribution in [3.8, 4) is 5.75 Å². The van der Waals surface area contributed by atoms with Crippen LogP contribution in [0.15, 0.2) is 18.2 Å². The summed E-state index contributed by atoms with van der Waals surface area (Å²) in [6, 6.07) is 6.63. The zero-order chi connectivity index (χ0) is 19.9. The molecule has 2 saturated carbocycles. The number of benzene rings is 1. The first kappa shape index (κ1) is 24.0. The molecule has 0 aliphatic heterocycles. The van der Waals surface area contributed by atoms with Crippen molar-refractivity contribution in [2.45, 2.75) is 102 Å². The van der Waals surface area contributed by atoms with Crippen molar-refractivity contribution in [2.75, 3.05) is 0 Å². The van der Waals surface area contributed by atoms with Gasteiger partial charge in [-0.15, -0.1) is 0 Å². The van der Waals surface area contributed by atoms with Crippen LogP contribution in [0.1, 0.15) is 90.5 Å². The van der Waals surface area contributed by atoms with E-state index in [-0.39, 0.29) is 5.41 Å². The van der Waals surface area contributed by atoms with Crippen LogP contribution in [0.2, 0.25) is 0 Å². The Balaban J connectivity index is 0.000000817. The second-order valence-electron chi connectivity index (χ2n) is 9.15. The third-order valence-corrected chi connectivity index (χ3v) is 10.2. The van der Waals surface area contributed by atoms with E-state index in [2.05, 4.69) is 39.0 Å². The molecular formula is C22H36Cl2OPTi+. The van der Waals surface area contributed by atoms with E-state index in [1.54, 1.807) is 0 Å². The number of halogens is 2. The first-order valence-electron chi connectivity index (χ1n) is 10.6. The average Bonchev–Trinajstić information content (AvgIpc) is 2.65. The Bertz CT molecular complexity index is 546. The van der Waals surface area contributed by atoms with Crippen molar-refractivity contribution < 1.29 is 22.1 Å². The van der Waals surface area contributed by atoms with Gasteiger partial charge in [0.05, 0.1) is 11.3 Å².